The number of carbonyl (C=O) groups excluding carboxylic acids is 1. The minimum atomic E-state index is -0.247. The number of hydrogen-bond donors (Lipinski definition) is 1. The smallest absolute Gasteiger partial charge is 0.275 e. The summed E-state index contributed by atoms with van der Waals surface area (Å²) in [6, 6.07) is 14.2. The van der Waals surface area contributed by atoms with E-state index in [-0.39, 0.29) is 5.91 Å². The van der Waals surface area contributed by atoms with Gasteiger partial charge in [0.05, 0.1) is 12.4 Å². The molecular weight excluding hydrogens is 324 g/mol. The van der Waals surface area contributed by atoms with Crippen LogP contribution in [0.25, 0.3) is 0 Å². The second-order valence-corrected chi connectivity index (χ2v) is 6.51. The van der Waals surface area contributed by atoms with Gasteiger partial charge >= 0.3 is 0 Å². The second-order valence-electron chi connectivity index (χ2n) is 6.51. The van der Waals surface area contributed by atoms with E-state index in [1.807, 2.05) is 38.1 Å². The van der Waals surface area contributed by atoms with Crippen molar-refractivity contribution in [1.29, 1.82) is 0 Å². The van der Waals surface area contributed by atoms with Crippen molar-refractivity contribution in [2.45, 2.75) is 20.3 Å². The lowest BCUT2D eigenvalue weighted by Gasteiger charge is -2.18. The van der Waals surface area contributed by atoms with Crippen molar-refractivity contribution in [2.24, 2.45) is 0 Å². The maximum absolute atomic E-state index is 12.5. The molecule has 2 aromatic carbocycles. The molecule has 1 amide bonds. The first-order valence-corrected chi connectivity index (χ1v) is 8.68. The average molecular weight is 344 g/mol. The molecule has 1 aliphatic rings. The van der Waals surface area contributed by atoms with Crippen molar-refractivity contribution in [3.8, 4) is 0 Å². The number of para-hydroxylation sites is 2. The first-order valence-electron chi connectivity index (χ1n) is 8.68. The third kappa shape index (κ3) is 2.92. The minimum absolute atomic E-state index is 0.247. The van der Waals surface area contributed by atoms with Crippen LogP contribution in [0, 0.1) is 13.8 Å². The Bertz CT molecular complexity index is 946. The van der Waals surface area contributed by atoms with Crippen LogP contribution in [0.1, 0.15) is 27.2 Å². The summed E-state index contributed by atoms with van der Waals surface area (Å²) in [5.74, 6) is 0.516. The van der Waals surface area contributed by atoms with E-state index >= 15 is 0 Å². The fourth-order valence-corrected chi connectivity index (χ4v) is 3.34. The van der Waals surface area contributed by atoms with Crippen molar-refractivity contribution < 1.29 is 4.79 Å². The van der Waals surface area contributed by atoms with E-state index in [0.717, 1.165) is 41.3 Å². The number of nitrogens with zero attached hydrogens (tertiary/aromatic N) is 3. The first kappa shape index (κ1) is 16.3. The highest BCUT2D eigenvalue weighted by Crippen LogP contribution is 2.32. The lowest BCUT2D eigenvalue weighted by Crippen LogP contribution is -2.18. The Hall–Kier alpha value is -3.21. The van der Waals surface area contributed by atoms with Crippen molar-refractivity contribution in [3.05, 3.63) is 77.2 Å². The fourth-order valence-electron chi connectivity index (χ4n) is 3.34. The Morgan fingerprint density at radius 3 is 2.50 bits per heavy atom. The van der Waals surface area contributed by atoms with E-state index in [4.69, 9.17) is 0 Å². The summed E-state index contributed by atoms with van der Waals surface area (Å²) in [6.07, 6.45) is 4.20. The Kier molecular flexibility index (Phi) is 4.13. The maximum atomic E-state index is 12.5. The molecule has 130 valence electrons. The summed E-state index contributed by atoms with van der Waals surface area (Å²) >= 11 is 0. The predicted molar refractivity (Wildman–Crippen MR) is 103 cm³/mol. The lowest BCUT2D eigenvalue weighted by atomic mass is 10.1. The third-order valence-corrected chi connectivity index (χ3v) is 4.75. The molecule has 0 fully saturated rings. The molecule has 2 heterocycles. The van der Waals surface area contributed by atoms with Gasteiger partial charge in [-0.2, -0.15) is 0 Å². The molecule has 0 bridgehead atoms. The summed E-state index contributed by atoms with van der Waals surface area (Å²) in [5.41, 5.74) is 5.66. The summed E-state index contributed by atoms with van der Waals surface area (Å²) in [4.78, 5) is 23.5. The number of anilines is 3. The second kappa shape index (κ2) is 6.59. The fraction of sp³-hybridized carbons (Fsp3) is 0.190. The topological polar surface area (TPSA) is 58.1 Å². The highest BCUT2D eigenvalue weighted by atomic mass is 16.1. The molecule has 5 heteroatoms. The average Bonchev–Trinajstić information content (AvgIpc) is 3.09. The molecule has 3 aromatic rings. The van der Waals surface area contributed by atoms with Gasteiger partial charge in [-0.15, -0.1) is 0 Å². The quantitative estimate of drug-likeness (QED) is 0.779. The number of aromatic nitrogens is 2. The molecule has 26 heavy (non-hydrogen) atoms. The molecule has 5 nitrogen and oxygen atoms in total. The Labute approximate surface area is 152 Å². The van der Waals surface area contributed by atoms with Crippen LogP contribution in [0.3, 0.4) is 0 Å². The molecule has 0 unspecified atom stereocenters. The van der Waals surface area contributed by atoms with Crippen LogP contribution in [-0.2, 0) is 6.42 Å². The Morgan fingerprint density at radius 2 is 1.77 bits per heavy atom. The number of amides is 1. The number of fused-ring (bicyclic) bond motifs is 1. The summed E-state index contributed by atoms with van der Waals surface area (Å²) in [5, 5.41) is 2.94. The molecule has 0 saturated carbocycles. The van der Waals surface area contributed by atoms with Crippen LogP contribution in [0.2, 0.25) is 0 Å². The zero-order valence-electron chi connectivity index (χ0n) is 14.9. The summed E-state index contributed by atoms with van der Waals surface area (Å²) in [7, 11) is 0. The highest BCUT2D eigenvalue weighted by molar-refractivity contribution is 6.03. The molecule has 0 radical (unpaired) electrons. The summed E-state index contributed by atoms with van der Waals surface area (Å²) in [6.45, 7) is 4.83. The zero-order valence-corrected chi connectivity index (χ0v) is 14.9. The van der Waals surface area contributed by atoms with Crippen LogP contribution < -0.4 is 10.2 Å². The monoisotopic (exact) mass is 344 g/mol. The SMILES string of the molecule is Cc1cccc(C)c1NC(=O)c1cnc(N2CCc3ccccc32)cn1. The molecule has 4 rings (SSSR count). The minimum Gasteiger partial charge on any atom is -0.325 e. The largest absolute Gasteiger partial charge is 0.325 e. The Morgan fingerprint density at radius 1 is 1.00 bits per heavy atom. The van der Waals surface area contributed by atoms with Crippen LogP contribution in [0.5, 0.6) is 0 Å². The predicted octanol–water partition coefficient (Wildman–Crippen LogP) is 4.04. The van der Waals surface area contributed by atoms with Crippen molar-refractivity contribution >= 4 is 23.1 Å². The normalized spacial score (nSPS) is 12.8. The number of carbonyl (C=O) groups is 1. The molecule has 0 spiro atoms. The van der Waals surface area contributed by atoms with Crippen LogP contribution in [0.15, 0.2) is 54.9 Å². The molecule has 0 atom stereocenters. The highest BCUT2D eigenvalue weighted by Gasteiger charge is 2.21. The van der Waals surface area contributed by atoms with Gasteiger partial charge in [0, 0.05) is 17.9 Å². The molecular formula is C21H20N4O. The van der Waals surface area contributed by atoms with Gasteiger partial charge in [-0.05, 0) is 43.0 Å². The van der Waals surface area contributed by atoms with Crippen LogP contribution in [-0.4, -0.2) is 22.4 Å². The van der Waals surface area contributed by atoms with Gasteiger partial charge in [0.2, 0.25) is 0 Å². The van der Waals surface area contributed by atoms with Gasteiger partial charge in [0.15, 0.2) is 5.82 Å². The van der Waals surface area contributed by atoms with Crippen LogP contribution >= 0.6 is 0 Å². The van der Waals surface area contributed by atoms with Crippen molar-refractivity contribution in [2.75, 3.05) is 16.8 Å². The van der Waals surface area contributed by atoms with E-state index in [1.54, 1.807) is 12.4 Å². The number of hydrogen-bond acceptors (Lipinski definition) is 4. The standard InChI is InChI=1S/C21H20N4O/c1-14-6-5-7-15(2)20(14)24-21(26)17-12-23-19(13-22-17)25-11-10-16-8-3-4-9-18(16)25/h3-9,12-13H,10-11H2,1-2H3,(H,24,26). The molecule has 1 aliphatic heterocycles. The zero-order chi connectivity index (χ0) is 18.1. The lowest BCUT2D eigenvalue weighted by molar-refractivity contribution is 0.102. The number of nitrogens with one attached hydrogen (secondary N) is 1. The van der Waals surface area contributed by atoms with E-state index < -0.39 is 0 Å². The van der Waals surface area contributed by atoms with Crippen molar-refractivity contribution in [1.82, 2.24) is 9.97 Å². The molecule has 1 aromatic heterocycles. The van der Waals surface area contributed by atoms with Crippen LogP contribution in [0.4, 0.5) is 17.2 Å². The van der Waals surface area contributed by atoms with Gasteiger partial charge in [0.25, 0.3) is 5.91 Å². The molecule has 0 saturated heterocycles. The van der Waals surface area contributed by atoms with Gasteiger partial charge in [-0.1, -0.05) is 36.4 Å². The van der Waals surface area contributed by atoms with E-state index in [0.29, 0.717) is 5.69 Å². The van der Waals surface area contributed by atoms with E-state index in [2.05, 4.69) is 38.4 Å². The van der Waals surface area contributed by atoms with E-state index in [1.165, 1.54) is 5.56 Å². The maximum Gasteiger partial charge on any atom is 0.275 e. The van der Waals surface area contributed by atoms with Gasteiger partial charge < -0.3 is 10.2 Å². The molecule has 0 aliphatic carbocycles. The van der Waals surface area contributed by atoms with Gasteiger partial charge in [-0.25, -0.2) is 9.97 Å². The third-order valence-electron chi connectivity index (χ3n) is 4.75. The Balaban J connectivity index is 1.54. The first-order chi connectivity index (χ1) is 12.6. The number of benzene rings is 2. The van der Waals surface area contributed by atoms with Gasteiger partial charge in [0.1, 0.15) is 5.69 Å². The number of aryl methyl sites for hydroxylation is 2. The summed E-state index contributed by atoms with van der Waals surface area (Å²) < 4.78 is 0. The molecule has 1 N–H and O–H groups in total. The van der Waals surface area contributed by atoms with E-state index in [9.17, 15) is 4.79 Å². The van der Waals surface area contributed by atoms with Crippen molar-refractivity contribution in [3.63, 3.8) is 0 Å². The van der Waals surface area contributed by atoms with Gasteiger partial charge in [-0.3, -0.25) is 4.79 Å². The number of rotatable bonds is 3.